The van der Waals surface area contributed by atoms with Gasteiger partial charge >= 0.3 is 6.09 Å². The van der Waals surface area contributed by atoms with Crippen LogP contribution in [0.5, 0.6) is 0 Å². The predicted octanol–water partition coefficient (Wildman–Crippen LogP) is 1.88. The van der Waals surface area contributed by atoms with Gasteiger partial charge in [-0.3, -0.25) is 9.69 Å². The molecule has 1 unspecified atom stereocenters. The first-order valence-electron chi connectivity index (χ1n) is 9.88. The minimum atomic E-state index is -0.537. The van der Waals surface area contributed by atoms with Gasteiger partial charge in [-0.15, -0.1) is 0 Å². The fourth-order valence-corrected chi connectivity index (χ4v) is 4.14. The third-order valence-corrected chi connectivity index (χ3v) is 5.84. The Morgan fingerprint density at radius 3 is 2.66 bits per heavy atom. The van der Waals surface area contributed by atoms with E-state index in [0.29, 0.717) is 31.4 Å². The van der Waals surface area contributed by atoms with Crippen LogP contribution in [0.3, 0.4) is 0 Å². The first-order chi connectivity index (χ1) is 14.0. The fourth-order valence-electron chi connectivity index (χ4n) is 4.14. The zero-order chi connectivity index (χ0) is 20.4. The van der Waals surface area contributed by atoms with Gasteiger partial charge in [0.25, 0.3) is 0 Å². The molecule has 3 saturated heterocycles. The highest BCUT2D eigenvalue weighted by Gasteiger charge is 2.38. The van der Waals surface area contributed by atoms with Crippen LogP contribution in [0.4, 0.5) is 20.6 Å². The molecule has 8 nitrogen and oxygen atoms in total. The van der Waals surface area contributed by atoms with Gasteiger partial charge < -0.3 is 24.4 Å². The highest BCUT2D eigenvalue weighted by Crippen LogP contribution is 2.37. The molecule has 158 valence electrons. The largest absolute Gasteiger partial charge is 0.442 e. The van der Waals surface area contributed by atoms with Crippen molar-refractivity contribution in [3.05, 3.63) is 24.0 Å². The third-order valence-electron chi connectivity index (χ3n) is 5.84. The molecule has 3 aliphatic rings. The van der Waals surface area contributed by atoms with Gasteiger partial charge in [-0.25, -0.2) is 9.18 Å². The molecule has 2 amide bonds. The van der Waals surface area contributed by atoms with Crippen molar-refractivity contribution in [2.24, 2.45) is 5.41 Å². The maximum atomic E-state index is 14.9. The maximum absolute atomic E-state index is 14.9. The molecule has 1 N–H and O–H groups in total. The number of rotatable bonds is 4. The van der Waals surface area contributed by atoms with Gasteiger partial charge in [0, 0.05) is 25.4 Å². The summed E-state index contributed by atoms with van der Waals surface area (Å²) in [5.41, 5.74) is 1.01. The van der Waals surface area contributed by atoms with Crippen LogP contribution in [0.25, 0.3) is 0 Å². The number of piperidine rings is 1. The molecule has 3 heterocycles. The van der Waals surface area contributed by atoms with Crippen LogP contribution in [-0.4, -0.2) is 64.3 Å². The van der Waals surface area contributed by atoms with E-state index in [9.17, 15) is 14.0 Å². The molecule has 0 aliphatic carbocycles. The van der Waals surface area contributed by atoms with E-state index in [1.807, 2.05) is 4.90 Å². The number of cyclic esters (lactones) is 1. The molecule has 9 heteroatoms. The molecule has 4 rings (SSSR count). The Bertz CT molecular complexity index is 773. The van der Waals surface area contributed by atoms with E-state index in [2.05, 4.69) is 5.32 Å². The zero-order valence-electron chi connectivity index (χ0n) is 16.5. The monoisotopic (exact) mass is 407 g/mol. The normalized spacial score (nSPS) is 23.9. The van der Waals surface area contributed by atoms with Gasteiger partial charge in [0.05, 0.1) is 37.7 Å². The van der Waals surface area contributed by atoms with Crippen molar-refractivity contribution in [2.45, 2.75) is 25.9 Å². The number of nitrogens with zero attached hydrogens (tertiary/aromatic N) is 2. The SMILES string of the molecule is CC(=O)NCC1CN(c2ccc(N3CCC4(CC3)COCOC4)c(F)c2)C(=O)O1. The lowest BCUT2D eigenvalue weighted by Gasteiger charge is -2.44. The summed E-state index contributed by atoms with van der Waals surface area (Å²) in [7, 11) is 0. The second-order valence-electron chi connectivity index (χ2n) is 7.99. The second kappa shape index (κ2) is 8.16. The summed E-state index contributed by atoms with van der Waals surface area (Å²) in [5, 5.41) is 2.63. The summed E-state index contributed by atoms with van der Waals surface area (Å²) in [6.07, 6.45) is 0.784. The summed E-state index contributed by atoms with van der Waals surface area (Å²) in [6.45, 7) is 5.11. The molecular weight excluding hydrogens is 381 g/mol. The Morgan fingerprint density at radius 2 is 2.00 bits per heavy atom. The first-order valence-corrected chi connectivity index (χ1v) is 9.88. The van der Waals surface area contributed by atoms with Crippen LogP contribution in [-0.2, 0) is 19.0 Å². The number of halogens is 1. The van der Waals surface area contributed by atoms with E-state index in [0.717, 1.165) is 25.9 Å². The number of amides is 2. The van der Waals surface area contributed by atoms with Crippen LogP contribution in [0.15, 0.2) is 18.2 Å². The zero-order valence-corrected chi connectivity index (χ0v) is 16.5. The lowest BCUT2D eigenvalue weighted by molar-refractivity contribution is -0.170. The standard InChI is InChI=1S/C20H26FN3O5/c1-14(25)22-9-16-10-24(19(26)29-16)15-2-3-18(17(21)8-15)23-6-4-20(5-7-23)11-27-13-28-12-20/h2-3,8,16H,4-7,9-13H2,1H3,(H,22,25). The van der Waals surface area contributed by atoms with Crippen LogP contribution < -0.4 is 15.1 Å². The molecule has 1 spiro atoms. The lowest BCUT2D eigenvalue weighted by Crippen LogP contribution is -2.47. The highest BCUT2D eigenvalue weighted by atomic mass is 19.1. The fraction of sp³-hybridized carbons (Fsp3) is 0.600. The molecule has 0 bridgehead atoms. The van der Waals surface area contributed by atoms with E-state index >= 15 is 0 Å². The molecule has 0 saturated carbocycles. The van der Waals surface area contributed by atoms with Crippen molar-refractivity contribution >= 4 is 23.4 Å². The summed E-state index contributed by atoms with van der Waals surface area (Å²) in [6, 6.07) is 4.82. The number of nitrogens with one attached hydrogen (secondary N) is 1. The van der Waals surface area contributed by atoms with Crippen molar-refractivity contribution in [1.29, 1.82) is 0 Å². The summed E-state index contributed by atoms with van der Waals surface area (Å²) < 4.78 is 31.0. The number of ether oxygens (including phenoxy) is 3. The van der Waals surface area contributed by atoms with E-state index in [1.165, 1.54) is 17.9 Å². The number of carbonyl (C=O) groups excluding carboxylic acids is 2. The van der Waals surface area contributed by atoms with Crippen molar-refractivity contribution in [2.75, 3.05) is 56.0 Å². The van der Waals surface area contributed by atoms with Crippen molar-refractivity contribution in [1.82, 2.24) is 5.32 Å². The minimum absolute atomic E-state index is 0.0351. The van der Waals surface area contributed by atoms with Gasteiger partial charge in [-0.2, -0.15) is 0 Å². The minimum Gasteiger partial charge on any atom is -0.442 e. The van der Waals surface area contributed by atoms with Gasteiger partial charge in [0.1, 0.15) is 18.7 Å². The highest BCUT2D eigenvalue weighted by molar-refractivity contribution is 5.90. The third kappa shape index (κ3) is 4.30. The molecule has 0 aromatic heterocycles. The maximum Gasteiger partial charge on any atom is 0.414 e. The van der Waals surface area contributed by atoms with Gasteiger partial charge in [0.15, 0.2) is 0 Å². The van der Waals surface area contributed by atoms with Crippen LogP contribution in [0.1, 0.15) is 19.8 Å². The van der Waals surface area contributed by atoms with Gasteiger partial charge in [0.2, 0.25) is 5.91 Å². The van der Waals surface area contributed by atoms with E-state index < -0.39 is 12.2 Å². The number of hydrogen-bond donors (Lipinski definition) is 1. The summed E-state index contributed by atoms with van der Waals surface area (Å²) >= 11 is 0. The Kier molecular flexibility index (Phi) is 5.60. The molecule has 1 aromatic carbocycles. The average Bonchev–Trinajstić information content (AvgIpc) is 3.09. The smallest absolute Gasteiger partial charge is 0.414 e. The van der Waals surface area contributed by atoms with Crippen LogP contribution in [0, 0.1) is 11.2 Å². The van der Waals surface area contributed by atoms with Crippen molar-refractivity contribution < 1.29 is 28.2 Å². The van der Waals surface area contributed by atoms with Crippen molar-refractivity contribution in [3.63, 3.8) is 0 Å². The number of hydrogen-bond acceptors (Lipinski definition) is 6. The van der Waals surface area contributed by atoms with E-state index in [1.54, 1.807) is 12.1 Å². The topological polar surface area (TPSA) is 80.3 Å². The Morgan fingerprint density at radius 1 is 1.28 bits per heavy atom. The molecule has 3 fully saturated rings. The van der Waals surface area contributed by atoms with Crippen LogP contribution in [0.2, 0.25) is 0 Å². The summed E-state index contributed by atoms with van der Waals surface area (Å²) in [5.74, 6) is -0.558. The molecule has 0 radical (unpaired) electrons. The number of carbonyl (C=O) groups is 2. The predicted molar refractivity (Wildman–Crippen MR) is 103 cm³/mol. The van der Waals surface area contributed by atoms with Gasteiger partial charge in [-0.05, 0) is 31.0 Å². The molecule has 1 aromatic rings. The Hall–Kier alpha value is -2.39. The molecule has 29 heavy (non-hydrogen) atoms. The average molecular weight is 407 g/mol. The van der Waals surface area contributed by atoms with E-state index in [-0.39, 0.29) is 30.2 Å². The van der Waals surface area contributed by atoms with Crippen LogP contribution >= 0.6 is 0 Å². The Labute approximate surface area is 168 Å². The number of benzene rings is 1. The first kappa shape index (κ1) is 19.9. The molecular formula is C20H26FN3O5. The molecule has 3 aliphatic heterocycles. The Balaban J connectivity index is 1.39. The number of anilines is 2. The second-order valence-corrected chi connectivity index (χ2v) is 7.99. The lowest BCUT2D eigenvalue weighted by atomic mass is 9.79. The van der Waals surface area contributed by atoms with Crippen molar-refractivity contribution in [3.8, 4) is 0 Å². The van der Waals surface area contributed by atoms with E-state index in [4.69, 9.17) is 14.2 Å². The summed E-state index contributed by atoms with van der Waals surface area (Å²) in [4.78, 5) is 26.6. The molecule has 1 atom stereocenters. The quantitative estimate of drug-likeness (QED) is 0.821. The van der Waals surface area contributed by atoms with Gasteiger partial charge in [-0.1, -0.05) is 0 Å².